The summed E-state index contributed by atoms with van der Waals surface area (Å²) in [7, 11) is 3.23. The molecule has 1 aromatic carbocycles. The lowest BCUT2D eigenvalue weighted by molar-refractivity contribution is 0.0958. The van der Waals surface area contributed by atoms with Crippen LogP contribution in [0, 0.1) is 0 Å². The predicted molar refractivity (Wildman–Crippen MR) is 77.9 cm³/mol. The second kappa shape index (κ2) is 6.56. The number of rotatable bonds is 5. The van der Waals surface area contributed by atoms with Crippen LogP contribution in [0.1, 0.15) is 16.1 Å². The minimum atomic E-state index is -0.196. The van der Waals surface area contributed by atoms with E-state index >= 15 is 0 Å². The number of amides is 1. The Balaban J connectivity index is 2.01. The molecule has 0 fully saturated rings. The van der Waals surface area contributed by atoms with Crippen molar-refractivity contribution in [3.63, 3.8) is 0 Å². The lowest BCUT2D eigenvalue weighted by atomic mass is 10.2. The first-order chi connectivity index (χ1) is 9.72. The minimum absolute atomic E-state index is 0.196. The van der Waals surface area contributed by atoms with Crippen molar-refractivity contribution in [1.82, 2.24) is 10.3 Å². The summed E-state index contributed by atoms with van der Waals surface area (Å²) in [5.74, 6) is 0.637. The SMILES string of the molecule is CNC(=O)c1cc(NCc2ccc(OC)cc2)ccn1. The molecule has 0 radical (unpaired) electrons. The van der Waals surface area contributed by atoms with Gasteiger partial charge in [-0.2, -0.15) is 0 Å². The highest BCUT2D eigenvalue weighted by Crippen LogP contribution is 2.14. The highest BCUT2D eigenvalue weighted by atomic mass is 16.5. The molecule has 2 rings (SSSR count). The summed E-state index contributed by atoms with van der Waals surface area (Å²) in [6.45, 7) is 0.668. The molecule has 0 aliphatic rings. The number of ether oxygens (including phenoxy) is 1. The van der Waals surface area contributed by atoms with E-state index < -0.39 is 0 Å². The first-order valence-electron chi connectivity index (χ1n) is 6.28. The van der Waals surface area contributed by atoms with E-state index in [1.54, 1.807) is 26.4 Å². The third kappa shape index (κ3) is 3.47. The molecule has 104 valence electrons. The first kappa shape index (κ1) is 13.9. The van der Waals surface area contributed by atoms with Crippen LogP contribution in [0.3, 0.4) is 0 Å². The van der Waals surface area contributed by atoms with Crippen LogP contribution in [0.2, 0.25) is 0 Å². The number of carbonyl (C=O) groups excluding carboxylic acids is 1. The van der Waals surface area contributed by atoms with Crippen LogP contribution in [0.4, 0.5) is 5.69 Å². The Hall–Kier alpha value is -2.56. The van der Waals surface area contributed by atoms with Gasteiger partial charge in [-0.3, -0.25) is 9.78 Å². The van der Waals surface area contributed by atoms with Crippen molar-refractivity contribution >= 4 is 11.6 Å². The van der Waals surface area contributed by atoms with Crippen molar-refractivity contribution in [2.45, 2.75) is 6.54 Å². The Bertz CT molecular complexity index is 582. The second-order valence-corrected chi connectivity index (χ2v) is 4.21. The molecular formula is C15H17N3O2. The van der Waals surface area contributed by atoms with E-state index in [-0.39, 0.29) is 5.91 Å². The van der Waals surface area contributed by atoms with E-state index in [1.165, 1.54) is 0 Å². The molecule has 5 nitrogen and oxygen atoms in total. The highest BCUT2D eigenvalue weighted by molar-refractivity contribution is 5.92. The van der Waals surface area contributed by atoms with E-state index in [0.717, 1.165) is 17.0 Å². The van der Waals surface area contributed by atoms with E-state index in [4.69, 9.17) is 4.74 Å². The van der Waals surface area contributed by atoms with Gasteiger partial charge in [-0.1, -0.05) is 12.1 Å². The molecule has 0 atom stereocenters. The molecule has 1 heterocycles. The molecule has 2 aromatic rings. The minimum Gasteiger partial charge on any atom is -0.497 e. The number of methoxy groups -OCH3 is 1. The van der Waals surface area contributed by atoms with Crippen LogP contribution in [0.5, 0.6) is 5.75 Å². The zero-order chi connectivity index (χ0) is 14.4. The summed E-state index contributed by atoms with van der Waals surface area (Å²) in [6, 6.07) is 11.4. The second-order valence-electron chi connectivity index (χ2n) is 4.21. The molecular weight excluding hydrogens is 254 g/mol. The molecule has 20 heavy (non-hydrogen) atoms. The molecule has 0 bridgehead atoms. The maximum Gasteiger partial charge on any atom is 0.269 e. The predicted octanol–water partition coefficient (Wildman–Crippen LogP) is 2.06. The van der Waals surface area contributed by atoms with Crippen LogP contribution in [-0.4, -0.2) is 25.0 Å². The Kier molecular flexibility index (Phi) is 4.55. The smallest absolute Gasteiger partial charge is 0.269 e. The summed E-state index contributed by atoms with van der Waals surface area (Å²) >= 11 is 0. The van der Waals surface area contributed by atoms with Crippen LogP contribution >= 0.6 is 0 Å². The fourth-order valence-electron chi connectivity index (χ4n) is 1.74. The molecule has 0 aliphatic heterocycles. The largest absolute Gasteiger partial charge is 0.497 e. The van der Waals surface area contributed by atoms with Gasteiger partial charge in [0.1, 0.15) is 11.4 Å². The number of anilines is 1. The van der Waals surface area contributed by atoms with Gasteiger partial charge in [-0.25, -0.2) is 0 Å². The van der Waals surface area contributed by atoms with Gasteiger partial charge in [0.25, 0.3) is 5.91 Å². The molecule has 2 N–H and O–H groups in total. The van der Waals surface area contributed by atoms with Crippen molar-refractivity contribution in [3.8, 4) is 5.75 Å². The van der Waals surface area contributed by atoms with Crippen LogP contribution in [0.25, 0.3) is 0 Å². The quantitative estimate of drug-likeness (QED) is 0.873. The summed E-state index contributed by atoms with van der Waals surface area (Å²) in [5.41, 5.74) is 2.38. The van der Waals surface area contributed by atoms with Gasteiger partial charge in [-0.05, 0) is 29.8 Å². The first-order valence-corrected chi connectivity index (χ1v) is 6.28. The van der Waals surface area contributed by atoms with Crippen molar-refractivity contribution in [2.24, 2.45) is 0 Å². The average molecular weight is 271 g/mol. The van der Waals surface area contributed by atoms with Gasteiger partial charge in [0.15, 0.2) is 0 Å². The van der Waals surface area contributed by atoms with Gasteiger partial charge in [0.05, 0.1) is 7.11 Å². The standard InChI is InChI=1S/C15H17N3O2/c1-16-15(19)14-9-12(7-8-17-14)18-10-11-3-5-13(20-2)6-4-11/h3-9H,10H2,1-2H3,(H,16,19)(H,17,18). The number of nitrogens with zero attached hydrogens (tertiary/aromatic N) is 1. The lowest BCUT2D eigenvalue weighted by Gasteiger charge is -2.08. The number of nitrogens with one attached hydrogen (secondary N) is 2. The average Bonchev–Trinajstić information content (AvgIpc) is 2.53. The maximum absolute atomic E-state index is 11.5. The zero-order valence-electron chi connectivity index (χ0n) is 11.5. The van der Waals surface area contributed by atoms with E-state index in [9.17, 15) is 4.79 Å². The van der Waals surface area contributed by atoms with Crippen LogP contribution < -0.4 is 15.4 Å². The molecule has 0 saturated carbocycles. The molecule has 5 heteroatoms. The molecule has 0 aliphatic carbocycles. The van der Waals surface area contributed by atoms with Gasteiger partial charge in [-0.15, -0.1) is 0 Å². The number of pyridine rings is 1. The monoisotopic (exact) mass is 271 g/mol. The summed E-state index contributed by atoms with van der Waals surface area (Å²) < 4.78 is 5.11. The van der Waals surface area contributed by atoms with Crippen LogP contribution in [0.15, 0.2) is 42.6 Å². The van der Waals surface area contributed by atoms with Gasteiger partial charge < -0.3 is 15.4 Å². The number of benzene rings is 1. The van der Waals surface area contributed by atoms with E-state index in [2.05, 4.69) is 15.6 Å². The Morgan fingerprint density at radius 3 is 2.65 bits per heavy atom. The van der Waals surface area contributed by atoms with Crippen LogP contribution in [-0.2, 0) is 6.54 Å². The number of aromatic nitrogens is 1. The summed E-state index contributed by atoms with van der Waals surface area (Å²) in [6.07, 6.45) is 1.61. The maximum atomic E-state index is 11.5. The summed E-state index contributed by atoms with van der Waals surface area (Å²) in [4.78, 5) is 15.5. The third-order valence-electron chi connectivity index (χ3n) is 2.88. The van der Waals surface area contributed by atoms with Gasteiger partial charge in [0.2, 0.25) is 0 Å². The van der Waals surface area contributed by atoms with Crippen molar-refractivity contribution in [3.05, 3.63) is 53.9 Å². The van der Waals surface area contributed by atoms with Crippen molar-refractivity contribution < 1.29 is 9.53 Å². The fourth-order valence-corrected chi connectivity index (χ4v) is 1.74. The Morgan fingerprint density at radius 2 is 2.00 bits per heavy atom. The van der Waals surface area contributed by atoms with Gasteiger partial charge >= 0.3 is 0 Å². The molecule has 1 amide bonds. The number of hydrogen-bond donors (Lipinski definition) is 2. The summed E-state index contributed by atoms with van der Waals surface area (Å²) in [5, 5.41) is 5.81. The fraction of sp³-hybridized carbons (Fsp3) is 0.200. The zero-order valence-corrected chi connectivity index (χ0v) is 11.5. The molecule has 0 saturated heterocycles. The number of hydrogen-bond acceptors (Lipinski definition) is 4. The van der Waals surface area contributed by atoms with E-state index in [0.29, 0.717) is 12.2 Å². The lowest BCUT2D eigenvalue weighted by Crippen LogP contribution is -2.19. The molecule has 0 unspecified atom stereocenters. The van der Waals surface area contributed by atoms with E-state index in [1.807, 2.05) is 30.3 Å². The third-order valence-corrected chi connectivity index (χ3v) is 2.88. The Morgan fingerprint density at radius 1 is 1.25 bits per heavy atom. The molecule has 1 aromatic heterocycles. The van der Waals surface area contributed by atoms with Gasteiger partial charge in [0, 0.05) is 25.5 Å². The normalized spacial score (nSPS) is 9.90. The molecule has 0 spiro atoms. The highest BCUT2D eigenvalue weighted by Gasteiger charge is 2.05. The topological polar surface area (TPSA) is 63.2 Å². The van der Waals surface area contributed by atoms with Crippen molar-refractivity contribution in [1.29, 1.82) is 0 Å². The van der Waals surface area contributed by atoms with Crippen molar-refractivity contribution in [2.75, 3.05) is 19.5 Å². The Labute approximate surface area is 118 Å². The number of carbonyl (C=O) groups is 1.